The minimum atomic E-state index is -0.325. The zero-order chi connectivity index (χ0) is 19.6. The molecule has 0 fully saturated rings. The van der Waals surface area contributed by atoms with Gasteiger partial charge in [0.1, 0.15) is 35.6 Å². The molecule has 142 valence electrons. The third kappa shape index (κ3) is 3.43. The van der Waals surface area contributed by atoms with Crippen LogP contribution in [0.4, 0.5) is 10.2 Å². The van der Waals surface area contributed by atoms with E-state index in [2.05, 4.69) is 25.3 Å². The van der Waals surface area contributed by atoms with Gasteiger partial charge >= 0.3 is 0 Å². The second-order valence-corrected chi connectivity index (χ2v) is 6.43. The van der Waals surface area contributed by atoms with E-state index < -0.39 is 0 Å². The Balaban J connectivity index is 1.33. The standard InChI is InChI=1S/C21H15FN6O/c22-16-5-6-28-19(10-24-21(28)7-16)17-8-20(26-12-25-17)23-9-14-1-3-15(4-2-14)18-11-29-13-27-18/h1-8,10-13H,9H2,(H,23,25,26). The molecule has 0 saturated heterocycles. The van der Waals surface area contributed by atoms with E-state index in [-0.39, 0.29) is 5.82 Å². The number of pyridine rings is 1. The number of nitrogens with one attached hydrogen (secondary N) is 1. The molecule has 0 aliphatic carbocycles. The predicted octanol–water partition coefficient (Wildman–Crippen LogP) is 4.20. The van der Waals surface area contributed by atoms with Crippen molar-refractivity contribution in [3.63, 3.8) is 0 Å². The molecule has 7 nitrogen and oxygen atoms in total. The molecule has 0 spiro atoms. The van der Waals surface area contributed by atoms with Crippen molar-refractivity contribution in [3.05, 3.63) is 85.2 Å². The van der Waals surface area contributed by atoms with E-state index >= 15 is 0 Å². The molecule has 4 heterocycles. The van der Waals surface area contributed by atoms with Crippen LogP contribution < -0.4 is 5.32 Å². The summed E-state index contributed by atoms with van der Waals surface area (Å²) in [5.41, 5.74) is 4.89. The summed E-state index contributed by atoms with van der Waals surface area (Å²) in [7, 11) is 0. The number of aromatic nitrogens is 5. The molecule has 0 radical (unpaired) electrons. The minimum Gasteiger partial charge on any atom is -0.451 e. The normalized spacial score (nSPS) is 11.1. The highest BCUT2D eigenvalue weighted by Crippen LogP contribution is 2.22. The van der Waals surface area contributed by atoms with Crippen molar-refractivity contribution >= 4 is 11.5 Å². The van der Waals surface area contributed by atoms with Crippen LogP contribution in [-0.2, 0) is 6.54 Å². The molecule has 0 bridgehead atoms. The average molecular weight is 386 g/mol. The molecule has 0 aliphatic heterocycles. The smallest absolute Gasteiger partial charge is 0.181 e. The van der Waals surface area contributed by atoms with Crippen LogP contribution in [-0.4, -0.2) is 24.3 Å². The predicted molar refractivity (Wildman–Crippen MR) is 105 cm³/mol. The van der Waals surface area contributed by atoms with E-state index in [4.69, 9.17) is 4.42 Å². The summed E-state index contributed by atoms with van der Waals surface area (Å²) >= 11 is 0. The number of rotatable bonds is 5. The lowest BCUT2D eigenvalue weighted by Gasteiger charge is -2.08. The number of fused-ring (bicyclic) bond motifs is 1. The molecule has 5 aromatic rings. The van der Waals surface area contributed by atoms with Crippen LogP contribution in [0.3, 0.4) is 0 Å². The summed E-state index contributed by atoms with van der Waals surface area (Å²) in [5, 5.41) is 3.30. The first-order valence-electron chi connectivity index (χ1n) is 8.93. The lowest BCUT2D eigenvalue weighted by molar-refractivity contribution is 0.558. The maximum absolute atomic E-state index is 13.4. The molecule has 0 unspecified atom stereocenters. The molecular formula is C21H15FN6O. The van der Waals surface area contributed by atoms with Crippen molar-refractivity contribution in [2.24, 2.45) is 0 Å². The maximum Gasteiger partial charge on any atom is 0.181 e. The van der Waals surface area contributed by atoms with Crippen LogP contribution in [0.2, 0.25) is 0 Å². The summed E-state index contributed by atoms with van der Waals surface area (Å²) < 4.78 is 20.2. The number of nitrogens with zero attached hydrogens (tertiary/aromatic N) is 5. The molecule has 1 N–H and O–H groups in total. The van der Waals surface area contributed by atoms with Gasteiger partial charge in [-0.25, -0.2) is 24.3 Å². The highest BCUT2D eigenvalue weighted by molar-refractivity contribution is 5.63. The topological polar surface area (TPSA) is 81.1 Å². The van der Waals surface area contributed by atoms with Gasteiger partial charge in [0.25, 0.3) is 0 Å². The Morgan fingerprint density at radius 3 is 2.69 bits per heavy atom. The van der Waals surface area contributed by atoms with E-state index in [0.29, 0.717) is 23.7 Å². The van der Waals surface area contributed by atoms with Crippen molar-refractivity contribution in [2.45, 2.75) is 6.54 Å². The van der Waals surface area contributed by atoms with Gasteiger partial charge in [-0.15, -0.1) is 0 Å². The number of imidazole rings is 1. The summed E-state index contributed by atoms with van der Waals surface area (Å²) in [6.07, 6.45) is 7.83. The van der Waals surface area contributed by atoms with E-state index in [1.165, 1.54) is 24.9 Å². The average Bonchev–Trinajstić information content (AvgIpc) is 3.43. The van der Waals surface area contributed by atoms with Crippen molar-refractivity contribution in [1.29, 1.82) is 0 Å². The molecule has 29 heavy (non-hydrogen) atoms. The number of benzene rings is 1. The van der Waals surface area contributed by atoms with Gasteiger partial charge in [-0.3, -0.25) is 4.40 Å². The van der Waals surface area contributed by atoms with Crippen LogP contribution in [0, 0.1) is 5.82 Å². The lowest BCUT2D eigenvalue weighted by Crippen LogP contribution is -2.02. The molecule has 0 aliphatic rings. The van der Waals surface area contributed by atoms with Crippen molar-refractivity contribution in [3.8, 4) is 22.6 Å². The van der Waals surface area contributed by atoms with E-state index in [1.54, 1.807) is 23.1 Å². The third-order valence-electron chi connectivity index (χ3n) is 4.56. The molecular weight excluding hydrogens is 371 g/mol. The van der Waals surface area contributed by atoms with Crippen LogP contribution in [0.15, 0.2) is 78.3 Å². The fraction of sp³-hybridized carbons (Fsp3) is 0.0476. The highest BCUT2D eigenvalue weighted by atomic mass is 19.1. The van der Waals surface area contributed by atoms with Crippen LogP contribution in [0.1, 0.15) is 5.56 Å². The Labute approximate surface area is 164 Å². The Hall–Kier alpha value is -4.07. The molecule has 0 amide bonds. The van der Waals surface area contributed by atoms with Crippen molar-refractivity contribution < 1.29 is 8.81 Å². The van der Waals surface area contributed by atoms with Crippen molar-refractivity contribution in [1.82, 2.24) is 24.3 Å². The Morgan fingerprint density at radius 2 is 1.86 bits per heavy atom. The summed E-state index contributed by atoms with van der Waals surface area (Å²) in [5.74, 6) is 0.363. The second kappa shape index (κ2) is 7.16. The molecule has 0 atom stereocenters. The van der Waals surface area contributed by atoms with Gasteiger partial charge in [0.15, 0.2) is 6.39 Å². The van der Waals surface area contributed by atoms with Gasteiger partial charge in [-0.2, -0.15) is 0 Å². The number of halogens is 1. The molecule has 4 aromatic heterocycles. The van der Waals surface area contributed by atoms with Gasteiger partial charge in [0.05, 0.1) is 17.6 Å². The van der Waals surface area contributed by atoms with Gasteiger partial charge in [0, 0.05) is 30.4 Å². The quantitative estimate of drug-likeness (QED) is 0.488. The minimum absolute atomic E-state index is 0.325. The van der Waals surface area contributed by atoms with Crippen LogP contribution in [0.5, 0.6) is 0 Å². The summed E-state index contributed by atoms with van der Waals surface area (Å²) in [4.78, 5) is 17.0. The number of hydrogen-bond acceptors (Lipinski definition) is 6. The highest BCUT2D eigenvalue weighted by Gasteiger charge is 2.09. The second-order valence-electron chi connectivity index (χ2n) is 6.43. The zero-order valence-corrected chi connectivity index (χ0v) is 15.2. The number of oxazole rings is 1. The van der Waals surface area contributed by atoms with E-state index in [0.717, 1.165) is 22.5 Å². The fourth-order valence-electron chi connectivity index (χ4n) is 3.08. The maximum atomic E-state index is 13.4. The molecule has 0 saturated carbocycles. The number of hydrogen-bond donors (Lipinski definition) is 1. The van der Waals surface area contributed by atoms with Crippen LogP contribution in [0.25, 0.3) is 28.3 Å². The van der Waals surface area contributed by atoms with Gasteiger partial charge < -0.3 is 9.73 Å². The number of anilines is 1. The van der Waals surface area contributed by atoms with Gasteiger partial charge in [0.2, 0.25) is 0 Å². The fourth-order valence-corrected chi connectivity index (χ4v) is 3.08. The van der Waals surface area contributed by atoms with Gasteiger partial charge in [-0.1, -0.05) is 24.3 Å². The first kappa shape index (κ1) is 17.1. The molecule has 8 heteroatoms. The summed E-state index contributed by atoms with van der Waals surface area (Å²) in [6.45, 7) is 0.605. The zero-order valence-electron chi connectivity index (χ0n) is 15.2. The SMILES string of the molecule is Fc1ccn2c(-c3cc(NCc4ccc(-c5cocn5)cc4)ncn3)cnc2c1. The Kier molecular flexibility index (Phi) is 4.21. The van der Waals surface area contributed by atoms with Crippen molar-refractivity contribution in [2.75, 3.05) is 5.32 Å². The van der Waals surface area contributed by atoms with Crippen LogP contribution >= 0.6 is 0 Å². The first-order valence-corrected chi connectivity index (χ1v) is 8.93. The Morgan fingerprint density at radius 1 is 0.966 bits per heavy atom. The molecule has 1 aromatic carbocycles. The third-order valence-corrected chi connectivity index (χ3v) is 4.56. The Bertz CT molecular complexity index is 1260. The lowest BCUT2D eigenvalue weighted by atomic mass is 10.1. The largest absolute Gasteiger partial charge is 0.451 e. The monoisotopic (exact) mass is 386 g/mol. The first-order chi connectivity index (χ1) is 14.3. The summed E-state index contributed by atoms with van der Waals surface area (Å²) in [6, 6.07) is 12.7. The molecule has 5 rings (SSSR count). The van der Waals surface area contributed by atoms with E-state index in [9.17, 15) is 4.39 Å². The van der Waals surface area contributed by atoms with E-state index in [1.807, 2.05) is 30.3 Å². The van der Waals surface area contributed by atoms with Gasteiger partial charge in [-0.05, 0) is 11.6 Å².